The van der Waals surface area contributed by atoms with Crippen molar-refractivity contribution in [3.05, 3.63) is 39.2 Å². The Morgan fingerprint density at radius 3 is 2.76 bits per heavy atom. The molecular weight excluding hydrogens is 362 g/mol. The Labute approximate surface area is 134 Å². The minimum absolute atomic E-state index is 0.0370. The quantitative estimate of drug-likeness (QED) is 0.618. The van der Waals surface area contributed by atoms with Crippen LogP contribution >= 0.6 is 27.5 Å². The molecule has 0 aliphatic heterocycles. The summed E-state index contributed by atoms with van der Waals surface area (Å²) in [6, 6.07) is 2.47. The number of hydrogen-bond donors (Lipinski definition) is 0. The van der Waals surface area contributed by atoms with Crippen LogP contribution in [0.5, 0.6) is 0 Å². The second-order valence-corrected chi connectivity index (χ2v) is 6.62. The molecule has 0 saturated heterocycles. The second-order valence-electron chi connectivity index (χ2n) is 5.33. The lowest BCUT2D eigenvalue weighted by atomic mass is 9.88. The Balaban J connectivity index is 2.32. The van der Waals surface area contributed by atoms with Crippen molar-refractivity contribution >= 4 is 44.0 Å². The Kier molecular flexibility index (Phi) is 3.97. The van der Waals surface area contributed by atoms with E-state index >= 15 is 0 Å². The lowest BCUT2D eigenvalue weighted by Gasteiger charge is -2.22. The van der Waals surface area contributed by atoms with Crippen LogP contribution in [0.4, 0.5) is 8.78 Å². The van der Waals surface area contributed by atoms with E-state index in [0.717, 1.165) is 35.4 Å². The molecule has 1 heterocycles. The van der Waals surface area contributed by atoms with Gasteiger partial charge in [-0.05, 0) is 54.5 Å². The topological polar surface area (TPSA) is 25.8 Å². The minimum atomic E-state index is -0.925. The SMILES string of the molecule is CC1CCC(c2nc(Cl)nc3ccc(F)c(F)c23)=C(Br)C1. The fraction of sp³-hybridized carbons (Fsp3) is 0.333. The Morgan fingerprint density at radius 2 is 2.05 bits per heavy atom. The maximum absolute atomic E-state index is 14.2. The third-order valence-corrected chi connectivity index (χ3v) is 4.73. The van der Waals surface area contributed by atoms with Gasteiger partial charge in [-0.25, -0.2) is 18.7 Å². The highest BCUT2D eigenvalue weighted by molar-refractivity contribution is 9.11. The van der Waals surface area contributed by atoms with Crippen LogP contribution < -0.4 is 0 Å². The van der Waals surface area contributed by atoms with Gasteiger partial charge in [-0.1, -0.05) is 22.9 Å². The summed E-state index contributed by atoms with van der Waals surface area (Å²) in [5.41, 5.74) is 1.59. The van der Waals surface area contributed by atoms with Gasteiger partial charge in [-0.2, -0.15) is 0 Å². The molecule has 1 aromatic heterocycles. The molecule has 0 spiro atoms. The zero-order chi connectivity index (χ0) is 15.1. The van der Waals surface area contributed by atoms with Gasteiger partial charge in [0.25, 0.3) is 0 Å². The number of hydrogen-bond acceptors (Lipinski definition) is 2. The maximum atomic E-state index is 14.2. The molecule has 0 saturated carbocycles. The van der Waals surface area contributed by atoms with E-state index in [-0.39, 0.29) is 10.7 Å². The average molecular weight is 374 g/mol. The first-order valence-corrected chi connectivity index (χ1v) is 7.83. The van der Waals surface area contributed by atoms with Crippen molar-refractivity contribution in [1.29, 1.82) is 0 Å². The predicted octanol–water partition coefficient (Wildman–Crippen LogP) is 5.49. The zero-order valence-corrected chi connectivity index (χ0v) is 13.6. The van der Waals surface area contributed by atoms with Crippen LogP contribution in [0, 0.1) is 17.6 Å². The molecule has 2 nitrogen and oxygen atoms in total. The molecule has 110 valence electrons. The molecule has 0 N–H and O–H groups in total. The van der Waals surface area contributed by atoms with Crippen molar-refractivity contribution < 1.29 is 8.78 Å². The van der Waals surface area contributed by atoms with Gasteiger partial charge < -0.3 is 0 Å². The average Bonchev–Trinajstić information content (AvgIpc) is 2.42. The van der Waals surface area contributed by atoms with Crippen molar-refractivity contribution in [1.82, 2.24) is 9.97 Å². The zero-order valence-electron chi connectivity index (χ0n) is 11.3. The summed E-state index contributed by atoms with van der Waals surface area (Å²) < 4.78 is 28.8. The van der Waals surface area contributed by atoms with Gasteiger partial charge >= 0.3 is 0 Å². The van der Waals surface area contributed by atoms with Crippen LogP contribution in [0.25, 0.3) is 16.5 Å². The normalized spacial score (nSPS) is 19.4. The largest absolute Gasteiger partial charge is 0.223 e. The number of rotatable bonds is 1. The highest BCUT2D eigenvalue weighted by Gasteiger charge is 2.23. The Morgan fingerprint density at radius 1 is 1.29 bits per heavy atom. The van der Waals surface area contributed by atoms with Gasteiger partial charge in [0.2, 0.25) is 5.28 Å². The molecule has 1 aliphatic rings. The van der Waals surface area contributed by atoms with Crippen molar-refractivity contribution in [2.24, 2.45) is 5.92 Å². The van der Waals surface area contributed by atoms with E-state index in [4.69, 9.17) is 11.6 Å². The molecular formula is C15H12BrClF2N2. The number of aromatic nitrogens is 2. The number of fused-ring (bicyclic) bond motifs is 1. The smallest absolute Gasteiger partial charge is 0.218 e. The summed E-state index contributed by atoms with van der Waals surface area (Å²) in [6.07, 6.45) is 2.58. The Hall–Kier alpha value is -1.07. The fourth-order valence-corrected chi connectivity index (χ4v) is 3.77. The van der Waals surface area contributed by atoms with E-state index < -0.39 is 11.6 Å². The molecule has 1 atom stereocenters. The van der Waals surface area contributed by atoms with Crippen molar-refractivity contribution in [2.75, 3.05) is 0 Å². The Bertz CT molecular complexity index is 761. The van der Waals surface area contributed by atoms with E-state index in [1.54, 1.807) is 0 Å². The highest BCUT2D eigenvalue weighted by atomic mass is 79.9. The third kappa shape index (κ3) is 2.69. The molecule has 1 unspecified atom stereocenters. The summed E-state index contributed by atoms with van der Waals surface area (Å²) in [7, 11) is 0. The summed E-state index contributed by atoms with van der Waals surface area (Å²) in [4.78, 5) is 8.15. The second kappa shape index (κ2) is 5.61. The highest BCUT2D eigenvalue weighted by Crippen LogP contribution is 2.40. The van der Waals surface area contributed by atoms with Gasteiger partial charge in [0.1, 0.15) is 0 Å². The van der Waals surface area contributed by atoms with Gasteiger partial charge in [0.15, 0.2) is 11.6 Å². The van der Waals surface area contributed by atoms with Crippen LogP contribution in [0.2, 0.25) is 5.28 Å². The maximum Gasteiger partial charge on any atom is 0.223 e. The van der Waals surface area contributed by atoms with Crippen LogP contribution in [0.1, 0.15) is 31.9 Å². The van der Waals surface area contributed by atoms with E-state index in [1.807, 2.05) is 0 Å². The number of benzene rings is 1. The molecule has 1 aromatic carbocycles. The fourth-order valence-electron chi connectivity index (χ4n) is 2.65. The number of allylic oxidation sites excluding steroid dienone is 2. The summed E-state index contributed by atoms with van der Waals surface area (Å²) in [6.45, 7) is 2.16. The third-order valence-electron chi connectivity index (χ3n) is 3.75. The van der Waals surface area contributed by atoms with Gasteiger partial charge in [0.05, 0.1) is 16.6 Å². The number of nitrogens with zero attached hydrogens (tertiary/aromatic N) is 2. The van der Waals surface area contributed by atoms with Crippen LogP contribution in [0.3, 0.4) is 0 Å². The molecule has 3 rings (SSSR count). The molecule has 21 heavy (non-hydrogen) atoms. The van der Waals surface area contributed by atoms with Gasteiger partial charge in [-0.15, -0.1) is 0 Å². The molecule has 2 aromatic rings. The molecule has 0 radical (unpaired) electrons. The van der Waals surface area contributed by atoms with Crippen LogP contribution in [-0.4, -0.2) is 9.97 Å². The molecule has 0 amide bonds. The monoisotopic (exact) mass is 372 g/mol. The number of halogens is 4. The van der Waals surface area contributed by atoms with E-state index in [1.165, 1.54) is 6.07 Å². The van der Waals surface area contributed by atoms with Crippen molar-refractivity contribution in [3.63, 3.8) is 0 Å². The summed E-state index contributed by atoms with van der Waals surface area (Å²) >= 11 is 9.48. The molecule has 1 aliphatic carbocycles. The predicted molar refractivity (Wildman–Crippen MR) is 83.3 cm³/mol. The summed E-state index contributed by atoms with van der Waals surface area (Å²) in [5, 5.41) is 0.135. The minimum Gasteiger partial charge on any atom is -0.218 e. The van der Waals surface area contributed by atoms with Gasteiger partial charge in [0, 0.05) is 4.48 Å². The van der Waals surface area contributed by atoms with E-state index in [0.29, 0.717) is 17.1 Å². The van der Waals surface area contributed by atoms with E-state index in [9.17, 15) is 8.78 Å². The van der Waals surface area contributed by atoms with E-state index in [2.05, 4.69) is 32.8 Å². The molecule has 0 bridgehead atoms. The molecule has 0 fully saturated rings. The van der Waals surface area contributed by atoms with Crippen LogP contribution in [0.15, 0.2) is 16.6 Å². The standard InChI is InChI=1S/C15H12BrClF2N2/c1-7-2-3-8(9(16)6-7)14-12-11(20-15(17)21-14)5-4-10(18)13(12)19/h4-5,7H,2-3,6H2,1H3. The first-order chi connectivity index (χ1) is 9.97. The summed E-state index contributed by atoms with van der Waals surface area (Å²) in [5.74, 6) is -1.28. The van der Waals surface area contributed by atoms with Gasteiger partial charge in [-0.3, -0.25) is 0 Å². The molecule has 6 heteroatoms. The lowest BCUT2D eigenvalue weighted by Crippen LogP contribution is -2.07. The van der Waals surface area contributed by atoms with Crippen molar-refractivity contribution in [3.8, 4) is 0 Å². The lowest BCUT2D eigenvalue weighted by molar-refractivity contribution is 0.515. The van der Waals surface area contributed by atoms with Crippen molar-refractivity contribution in [2.45, 2.75) is 26.2 Å². The first kappa shape index (κ1) is 14.9. The first-order valence-electron chi connectivity index (χ1n) is 6.66. The van der Waals surface area contributed by atoms with Crippen LogP contribution in [-0.2, 0) is 0 Å².